The largest absolute Gasteiger partial charge is 0.314 e. The second kappa shape index (κ2) is 6.00. The van der Waals surface area contributed by atoms with Gasteiger partial charge in [0, 0.05) is 18.7 Å². The van der Waals surface area contributed by atoms with Crippen LogP contribution in [0.25, 0.3) is 0 Å². The lowest BCUT2D eigenvalue weighted by molar-refractivity contribution is 0.266. The summed E-state index contributed by atoms with van der Waals surface area (Å²) in [5.41, 5.74) is 0.789. The Balaban J connectivity index is 2.11. The number of nitrogens with one attached hydrogen (secondary N) is 1. The summed E-state index contributed by atoms with van der Waals surface area (Å²) in [6, 6.07) is 4.39. The Morgan fingerprint density at radius 1 is 1.21 bits per heavy atom. The summed E-state index contributed by atoms with van der Waals surface area (Å²) in [7, 11) is 0. The molecule has 0 aromatic heterocycles. The van der Waals surface area contributed by atoms with E-state index in [-0.39, 0.29) is 5.41 Å². The molecule has 1 aromatic carbocycles. The van der Waals surface area contributed by atoms with E-state index in [1.54, 1.807) is 6.07 Å². The fourth-order valence-electron chi connectivity index (χ4n) is 3.03. The first-order valence-electron chi connectivity index (χ1n) is 7.18. The molecule has 0 amide bonds. The van der Waals surface area contributed by atoms with Crippen LogP contribution in [-0.2, 0) is 6.42 Å². The van der Waals surface area contributed by atoms with Crippen LogP contribution in [0, 0.1) is 17.0 Å². The average Bonchev–Trinajstić information content (AvgIpc) is 2.80. The van der Waals surface area contributed by atoms with Crippen molar-refractivity contribution in [2.75, 3.05) is 6.54 Å². The van der Waals surface area contributed by atoms with Crippen molar-refractivity contribution >= 4 is 0 Å². The van der Waals surface area contributed by atoms with E-state index in [9.17, 15) is 8.78 Å². The van der Waals surface area contributed by atoms with Crippen LogP contribution in [0.2, 0.25) is 0 Å². The topological polar surface area (TPSA) is 12.0 Å². The zero-order valence-corrected chi connectivity index (χ0v) is 11.8. The second-order valence-electron chi connectivity index (χ2n) is 6.16. The first kappa shape index (κ1) is 14.4. The lowest BCUT2D eigenvalue weighted by atomic mass is 9.79. The quantitative estimate of drug-likeness (QED) is 0.848. The third-order valence-electron chi connectivity index (χ3n) is 4.13. The van der Waals surface area contributed by atoms with E-state index in [1.807, 2.05) is 0 Å². The van der Waals surface area contributed by atoms with Crippen LogP contribution < -0.4 is 5.32 Å². The Morgan fingerprint density at radius 3 is 2.47 bits per heavy atom. The van der Waals surface area contributed by atoms with Crippen LogP contribution in [0.4, 0.5) is 8.78 Å². The highest BCUT2D eigenvalue weighted by Gasteiger charge is 2.34. The van der Waals surface area contributed by atoms with Crippen molar-refractivity contribution in [3.8, 4) is 0 Å². The molecule has 0 spiro atoms. The SMILES string of the molecule is CC(C)NCC1(Cc2ccc(F)cc2F)CCCC1. The molecule has 1 fully saturated rings. The molecule has 1 N–H and O–H groups in total. The normalized spacial score (nSPS) is 18.2. The third kappa shape index (κ3) is 3.75. The molecule has 1 aliphatic carbocycles. The molecule has 106 valence electrons. The Hall–Kier alpha value is -0.960. The number of benzene rings is 1. The Morgan fingerprint density at radius 2 is 1.89 bits per heavy atom. The summed E-state index contributed by atoms with van der Waals surface area (Å²) < 4.78 is 26.8. The monoisotopic (exact) mass is 267 g/mol. The second-order valence-corrected chi connectivity index (χ2v) is 6.16. The van der Waals surface area contributed by atoms with Crippen molar-refractivity contribution in [2.45, 2.75) is 52.0 Å². The van der Waals surface area contributed by atoms with Gasteiger partial charge in [-0.3, -0.25) is 0 Å². The molecule has 0 bridgehead atoms. The van der Waals surface area contributed by atoms with Gasteiger partial charge in [-0.1, -0.05) is 32.8 Å². The van der Waals surface area contributed by atoms with Gasteiger partial charge in [-0.25, -0.2) is 8.78 Å². The summed E-state index contributed by atoms with van der Waals surface area (Å²) >= 11 is 0. The number of hydrogen-bond donors (Lipinski definition) is 1. The molecule has 0 aliphatic heterocycles. The Bertz CT molecular complexity index is 423. The number of halogens is 2. The zero-order valence-electron chi connectivity index (χ0n) is 11.8. The van der Waals surface area contributed by atoms with Gasteiger partial charge in [-0.05, 0) is 36.3 Å². The highest BCUT2D eigenvalue weighted by atomic mass is 19.1. The van der Waals surface area contributed by atoms with Gasteiger partial charge in [0.15, 0.2) is 0 Å². The minimum Gasteiger partial charge on any atom is -0.314 e. The van der Waals surface area contributed by atoms with E-state index >= 15 is 0 Å². The summed E-state index contributed by atoms with van der Waals surface area (Å²) in [6.45, 7) is 5.17. The van der Waals surface area contributed by atoms with Crippen LogP contribution in [0.3, 0.4) is 0 Å². The Kier molecular flexibility index (Phi) is 4.56. The van der Waals surface area contributed by atoms with Crippen molar-refractivity contribution in [1.82, 2.24) is 5.32 Å². The molecule has 1 saturated carbocycles. The predicted molar refractivity (Wildman–Crippen MR) is 74.1 cm³/mol. The summed E-state index contributed by atoms with van der Waals surface area (Å²) in [5.74, 6) is -0.905. The third-order valence-corrected chi connectivity index (χ3v) is 4.13. The van der Waals surface area contributed by atoms with Gasteiger partial charge in [-0.2, -0.15) is 0 Å². The van der Waals surface area contributed by atoms with Crippen LogP contribution >= 0.6 is 0 Å². The molecule has 1 aromatic rings. The average molecular weight is 267 g/mol. The van der Waals surface area contributed by atoms with Crippen LogP contribution in [0.1, 0.15) is 45.1 Å². The molecule has 2 rings (SSSR count). The first-order chi connectivity index (χ1) is 9.01. The van der Waals surface area contributed by atoms with E-state index in [0.717, 1.165) is 25.5 Å². The van der Waals surface area contributed by atoms with Crippen molar-refractivity contribution in [2.24, 2.45) is 5.41 Å². The fourth-order valence-corrected chi connectivity index (χ4v) is 3.03. The molecule has 0 heterocycles. The molecule has 0 radical (unpaired) electrons. The summed E-state index contributed by atoms with van der Waals surface area (Å²) in [5, 5.41) is 3.48. The van der Waals surface area contributed by atoms with Gasteiger partial charge < -0.3 is 5.32 Å². The van der Waals surface area contributed by atoms with Crippen molar-refractivity contribution < 1.29 is 8.78 Å². The van der Waals surface area contributed by atoms with Gasteiger partial charge in [0.05, 0.1) is 0 Å². The van der Waals surface area contributed by atoms with Gasteiger partial charge >= 0.3 is 0 Å². The molecule has 19 heavy (non-hydrogen) atoms. The van der Waals surface area contributed by atoms with E-state index in [0.29, 0.717) is 18.0 Å². The van der Waals surface area contributed by atoms with Crippen molar-refractivity contribution in [1.29, 1.82) is 0 Å². The molecule has 0 saturated heterocycles. The minimum absolute atomic E-state index is 0.142. The highest BCUT2D eigenvalue weighted by molar-refractivity contribution is 5.20. The molecule has 0 unspecified atom stereocenters. The fraction of sp³-hybridized carbons (Fsp3) is 0.625. The van der Waals surface area contributed by atoms with Gasteiger partial charge in [0.25, 0.3) is 0 Å². The molecule has 3 heteroatoms. The lowest BCUT2D eigenvalue weighted by Crippen LogP contribution is -2.37. The maximum atomic E-state index is 13.8. The zero-order chi connectivity index (χ0) is 13.9. The summed E-state index contributed by atoms with van der Waals surface area (Å²) in [6.07, 6.45) is 5.39. The van der Waals surface area contributed by atoms with Crippen LogP contribution in [0.5, 0.6) is 0 Å². The number of hydrogen-bond acceptors (Lipinski definition) is 1. The van der Waals surface area contributed by atoms with Crippen LogP contribution in [-0.4, -0.2) is 12.6 Å². The molecule has 1 aliphatic rings. The van der Waals surface area contributed by atoms with E-state index < -0.39 is 11.6 Å². The van der Waals surface area contributed by atoms with E-state index in [2.05, 4.69) is 19.2 Å². The minimum atomic E-state index is -0.498. The van der Waals surface area contributed by atoms with E-state index in [4.69, 9.17) is 0 Å². The van der Waals surface area contributed by atoms with Gasteiger partial charge in [0.2, 0.25) is 0 Å². The Labute approximate surface area is 114 Å². The standard InChI is InChI=1S/C16H23F2N/c1-12(2)19-11-16(7-3-4-8-16)10-13-5-6-14(17)9-15(13)18/h5-6,9,12,19H,3-4,7-8,10-11H2,1-2H3. The molecule has 0 atom stereocenters. The first-order valence-corrected chi connectivity index (χ1v) is 7.18. The summed E-state index contributed by atoms with van der Waals surface area (Å²) in [4.78, 5) is 0. The van der Waals surface area contributed by atoms with Gasteiger partial charge in [0.1, 0.15) is 11.6 Å². The maximum absolute atomic E-state index is 13.8. The molecule has 1 nitrogen and oxygen atoms in total. The van der Waals surface area contributed by atoms with E-state index in [1.165, 1.54) is 18.9 Å². The maximum Gasteiger partial charge on any atom is 0.129 e. The number of rotatable bonds is 5. The van der Waals surface area contributed by atoms with Gasteiger partial charge in [-0.15, -0.1) is 0 Å². The van der Waals surface area contributed by atoms with Crippen molar-refractivity contribution in [3.05, 3.63) is 35.4 Å². The highest BCUT2D eigenvalue weighted by Crippen LogP contribution is 2.41. The lowest BCUT2D eigenvalue weighted by Gasteiger charge is -2.31. The molecular formula is C16H23F2N. The predicted octanol–water partition coefficient (Wildman–Crippen LogP) is 4.07. The van der Waals surface area contributed by atoms with Crippen molar-refractivity contribution in [3.63, 3.8) is 0 Å². The smallest absolute Gasteiger partial charge is 0.129 e. The molecular weight excluding hydrogens is 244 g/mol. The van der Waals surface area contributed by atoms with Crippen LogP contribution in [0.15, 0.2) is 18.2 Å².